The zero-order valence-electron chi connectivity index (χ0n) is 13.6. The normalized spacial score (nSPS) is 12.6. The summed E-state index contributed by atoms with van der Waals surface area (Å²) in [6.45, 7) is 14.4. The maximum atomic E-state index is 5.28. The molecule has 0 aliphatic carbocycles. The van der Waals surface area contributed by atoms with Gasteiger partial charge < -0.3 is 10.1 Å². The van der Waals surface area contributed by atoms with E-state index in [-0.39, 0.29) is 11.0 Å². The van der Waals surface area contributed by atoms with E-state index in [1.54, 1.807) is 7.11 Å². The van der Waals surface area contributed by atoms with Crippen molar-refractivity contribution in [3.8, 4) is 5.75 Å². The van der Waals surface area contributed by atoms with E-state index in [4.69, 9.17) is 4.74 Å². The Morgan fingerprint density at radius 3 is 2.21 bits per heavy atom. The van der Waals surface area contributed by atoms with E-state index in [2.05, 4.69) is 65.1 Å². The molecule has 0 aliphatic heterocycles. The van der Waals surface area contributed by atoms with E-state index >= 15 is 0 Å². The second-order valence-electron chi connectivity index (χ2n) is 6.99. The number of benzene rings is 1. The molecule has 0 saturated carbocycles. The van der Waals surface area contributed by atoms with Crippen LogP contribution in [0.5, 0.6) is 5.75 Å². The molecule has 2 nitrogen and oxygen atoms in total. The van der Waals surface area contributed by atoms with Crippen molar-refractivity contribution in [2.75, 3.05) is 13.7 Å². The van der Waals surface area contributed by atoms with Crippen LogP contribution < -0.4 is 10.1 Å². The molecule has 0 aromatic heterocycles. The van der Waals surface area contributed by atoms with Crippen molar-refractivity contribution in [2.24, 2.45) is 0 Å². The first kappa shape index (κ1) is 16.0. The van der Waals surface area contributed by atoms with Crippen LogP contribution in [0.4, 0.5) is 0 Å². The molecule has 0 heterocycles. The SMILES string of the molecule is COc1ccc(C(C)(C)CCNC(C)(C)C)c(C)c1. The molecule has 0 radical (unpaired) electrons. The summed E-state index contributed by atoms with van der Waals surface area (Å²) in [6, 6.07) is 6.38. The van der Waals surface area contributed by atoms with E-state index in [0.717, 1.165) is 18.7 Å². The average molecular weight is 263 g/mol. The van der Waals surface area contributed by atoms with Gasteiger partial charge in [-0.05, 0) is 69.3 Å². The predicted octanol–water partition coefficient (Wildman–Crippen LogP) is 4.06. The molecule has 0 bridgehead atoms. The summed E-state index contributed by atoms with van der Waals surface area (Å²) < 4.78 is 5.28. The predicted molar refractivity (Wildman–Crippen MR) is 83.1 cm³/mol. The maximum absolute atomic E-state index is 5.28. The van der Waals surface area contributed by atoms with Crippen molar-refractivity contribution in [3.63, 3.8) is 0 Å². The summed E-state index contributed by atoms with van der Waals surface area (Å²) in [7, 11) is 1.72. The number of methoxy groups -OCH3 is 1. The van der Waals surface area contributed by atoms with Crippen LogP contribution in [0.1, 0.15) is 52.2 Å². The summed E-state index contributed by atoms with van der Waals surface area (Å²) in [6.07, 6.45) is 1.12. The van der Waals surface area contributed by atoms with Crippen LogP contribution in [0.2, 0.25) is 0 Å². The molecule has 19 heavy (non-hydrogen) atoms. The van der Waals surface area contributed by atoms with Crippen molar-refractivity contribution < 1.29 is 4.74 Å². The van der Waals surface area contributed by atoms with Gasteiger partial charge in [-0.1, -0.05) is 19.9 Å². The second-order valence-corrected chi connectivity index (χ2v) is 6.99. The molecule has 0 spiro atoms. The minimum absolute atomic E-state index is 0.175. The zero-order valence-corrected chi connectivity index (χ0v) is 13.6. The molecule has 0 saturated heterocycles. The lowest BCUT2D eigenvalue weighted by Crippen LogP contribution is -2.38. The fraction of sp³-hybridized carbons (Fsp3) is 0.647. The molecule has 1 aromatic carbocycles. The summed E-state index contributed by atoms with van der Waals surface area (Å²) in [5.74, 6) is 0.935. The van der Waals surface area contributed by atoms with Gasteiger partial charge in [0.1, 0.15) is 5.75 Å². The Morgan fingerprint density at radius 2 is 1.74 bits per heavy atom. The maximum Gasteiger partial charge on any atom is 0.119 e. The van der Waals surface area contributed by atoms with Gasteiger partial charge in [0.2, 0.25) is 0 Å². The molecular weight excluding hydrogens is 234 g/mol. The molecule has 0 aliphatic rings. The van der Waals surface area contributed by atoms with E-state index in [1.807, 2.05) is 0 Å². The number of ether oxygens (including phenoxy) is 1. The van der Waals surface area contributed by atoms with Crippen LogP contribution in [0.15, 0.2) is 18.2 Å². The van der Waals surface area contributed by atoms with Crippen LogP contribution in [0.3, 0.4) is 0 Å². The van der Waals surface area contributed by atoms with E-state index in [1.165, 1.54) is 11.1 Å². The first-order chi connectivity index (χ1) is 8.65. The number of hydrogen-bond acceptors (Lipinski definition) is 2. The fourth-order valence-corrected chi connectivity index (χ4v) is 2.41. The van der Waals surface area contributed by atoms with Crippen LogP contribution in [-0.4, -0.2) is 19.2 Å². The number of nitrogens with one attached hydrogen (secondary N) is 1. The van der Waals surface area contributed by atoms with Crippen molar-refractivity contribution in [1.82, 2.24) is 5.32 Å². The molecule has 2 heteroatoms. The van der Waals surface area contributed by atoms with Gasteiger partial charge in [0.05, 0.1) is 7.11 Å². The zero-order chi connectivity index (χ0) is 14.7. The molecule has 0 atom stereocenters. The van der Waals surface area contributed by atoms with Gasteiger partial charge in [-0.25, -0.2) is 0 Å². The molecular formula is C17H29NO. The van der Waals surface area contributed by atoms with Gasteiger partial charge in [0.25, 0.3) is 0 Å². The summed E-state index contributed by atoms with van der Waals surface area (Å²) >= 11 is 0. The molecule has 1 aromatic rings. The summed E-state index contributed by atoms with van der Waals surface area (Å²) in [5.41, 5.74) is 3.07. The molecule has 0 unspecified atom stereocenters. The van der Waals surface area contributed by atoms with Gasteiger partial charge >= 0.3 is 0 Å². The van der Waals surface area contributed by atoms with Crippen LogP contribution in [-0.2, 0) is 5.41 Å². The second kappa shape index (κ2) is 5.96. The Bertz CT molecular complexity index is 416. The van der Waals surface area contributed by atoms with Crippen LogP contribution in [0, 0.1) is 6.92 Å². The highest BCUT2D eigenvalue weighted by atomic mass is 16.5. The lowest BCUT2D eigenvalue weighted by atomic mass is 9.79. The minimum atomic E-state index is 0.175. The Morgan fingerprint density at radius 1 is 1.11 bits per heavy atom. The van der Waals surface area contributed by atoms with Crippen molar-refractivity contribution >= 4 is 0 Å². The molecule has 1 N–H and O–H groups in total. The lowest BCUT2D eigenvalue weighted by molar-refractivity contribution is 0.378. The molecule has 1 rings (SSSR count). The highest BCUT2D eigenvalue weighted by Crippen LogP contribution is 2.31. The largest absolute Gasteiger partial charge is 0.497 e. The Labute approximate surface area is 118 Å². The van der Waals surface area contributed by atoms with Crippen LogP contribution >= 0.6 is 0 Å². The molecule has 0 fully saturated rings. The monoisotopic (exact) mass is 263 g/mol. The summed E-state index contributed by atoms with van der Waals surface area (Å²) in [5, 5.41) is 3.57. The first-order valence-corrected chi connectivity index (χ1v) is 7.06. The van der Waals surface area contributed by atoms with E-state index in [0.29, 0.717) is 0 Å². The molecule has 108 valence electrons. The van der Waals surface area contributed by atoms with Crippen molar-refractivity contribution in [2.45, 2.75) is 58.9 Å². The Balaban J connectivity index is 2.76. The van der Waals surface area contributed by atoms with E-state index < -0.39 is 0 Å². The number of aryl methyl sites for hydroxylation is 1. The minimum Gasteiger partial charge on any atom is -0.497 e. The highest BCUT2D eigenvalue weighted by Gasteiger charge is 2.23. The number of hydrogen-bond donors (Lipinski definition) is 1. The fourth-order valence-electron chi connectivity index (χ4n) is 2.41. The van der Waals surface area contributed by atoms with Gasteiger partial charge in [0, 0.05) is 5.54 Å². The van der Waals surface area contributed by atoms with E-state index in [9.17, 15) is 0 Å². The highest BCUT2D eigenvalue weighted by molar-refractivity contribution is 5.38. The quantitative estimate of drug-likeness (QED) is 0.865. The van der Waals surface area contributed by atoms with Crippen molar-refractivity contribution in [3.05, 3.63) is 29.3 Å². The smallest absolute Gasteiger partial charge is 0.119 e. The lowest BCUT2D eigenvalue weighted by Gasteiger charge is -2.30. The molecule has 0 amide bonds. The van der Waals surface area contributed by atoms with Gasteiger partial charge in [-0.3, -0.25) is 0 Å². The Hall–Kier alpha value is -1.02. The third kappa shape index (κ3) is 4.87. The van der Waals surface area contributed by atoms with Gasteiger partial charge in [-0.15, -0.1) is 0 Å². The third-order valence-corrected chi connectivity index (χ3v) is 3.57. The van der Waals surface area contributed by atoms with Crippen LogP contribution in [0.25, 0.3) is 0 Å². The van der Waals surface area contributed by atoms with Crippen molar-refractivity contribution in [1.29, 1.82) is 0 Å². The van der Waals surface area contributed by atoms with Gasteiger partial charge in [-0.2, -0.15) is 0 Å². The Kier molecular flexibility index (Phi) is 5.03. The topological polar surface area (TPSA) is 21.3 Å². The third-order valence-electron chi connectivity index (χ3n) is 3.57. The average Bonchev–Trinajstić information content (AvgIpc) is 2.26. The first-order valence-electron chi connectivity index (χ1n) is 7.06. The van der Waals surface area contributed by atoms with Gasteiger partial charge in [0.15, 0.2) is 0 Å². The summed E-state index contributed by atoms with van der Waals surface area (Å²) in [4.78, 5) is 0. The standard InChI is InChI=1S/C17H29NO/c1-13-12-14(19-7)8-9-15(13)17(5,6)10-11-18-16(2,3)4/h8-9,12,18H,10-11H2,1-7H3. The number of rotatable bonds is 5.